The van der Waals surface area contributed by atoms with Crippen molar-refractivity contribution < 1.29 is 9.13 Å². The normalized spacial score (nSPS) is 9.31. The van der Waals surface area contributed by atoms with Crippen LogP contribution in [-0.4, -0.2) is 6.61 Å². The van der Waals surface area contributed by atoms with Crippen molar-refractivity contribution in [1.29, 1.82) is 5.26 Å². The highest BCUT2D eigenvalue weighted by atomic mass is 79.9. The predicted octanol–water partition coefficient (Wildman–Crippen LogP) is 2.62. The van der Waals surface area contributed by atoms with Gasteiger partial charge in [0, 0.05) is 5.33 Å². The zero-order valence-corrected chi connectivity index (χ0v) is 8.34. The Morgan fingerprint density at radius 1 is 1.54 bits per heavy atom. The fourth-order valence-corrected chi connectivity index (χ4v) is 1.20. The van der Waals surface area contributed by atoms with Gasteiger partial charge in [-0.1, -0.05) is 22.0 Å². The van der Waals surface area contributed by atoms with E-state index in [1.165, 1.54) is 12.1 Å². The third-order valence-corrected chi connectivity index (χ3v) is 2.09. The summed E-state index contributed by atoms with van der Waals surface area (Å²) >= 11 is 3.21. The largest absolute Gasteiger partial charge is 0.476 e. The first-order valence-corrected chi connectivity index (χ1v) is 4.74. The molecule has 0 saturated heterocycles. The van der Waals surface area contributed by atoms with Crippen LogP contribution < -0.4 is 4.74 Å². The predicted molar refractivity (Wildman–Crippen MR) is 50.1 cm³/mol. The van der Waals surface area contributed by atoms with Crippen LogP contribution in [-0.2, 0) is 5.33 Å². The number of nitrogens with zero attached hydrogens (tertiary/aromatic N) is 1. The van der Waals surface area contributed by atoms with Crippen LogP contribution in [0.3, 0.4) is 0 Å². The summed E-state index contributed by atoms with van der Waals surface area (Å²) in [6, 6.07) is 6.41. The van der Waals surface area contributed by atoms with Crippen molar-refractivity contribution in [2.24, 2.45) is 0 Å². The van der Waals surface area contributed by atoms with E-state index in [0.717, 1.165) is 5.56 Å². The second kappa shape index (κ2) is 4.83. The van der Waals surface area contributed by atoms with Gasteiger partial charge in [-0.15, -0.1) is 0 Å². The molecule has 0 bridgehead atoms. The lowest BCUT2D eigenvalue weighted by Gasteiger charge is -2.03. The summed E-state index contributed by atoms with van der Waals surface area (Å²) in [7, 11) is 0. The molecule has 1 rings (SSSR count). The first-order chi connectivity index (χ1) is 6.27. The number of halogens is 2. The van der Waals surface area contributed by atoms with E-state index in [1.54, 1.807) is 12.1 Å². The molecule has 0 N–H and O–H groups in total. The fraction of sp³-hybridized carbons (Fsp3) is 0.222. The summed E-state index contributed by atoms with van der Waals surface area (Å²) in [5, 5.41) is 8.81. The van der Waals surface area contributed by atoms with Crippen molar-refractivity contribution in [2.75, 3.05) is 6.61 Å². The van der Waals surface area contributed by atoms with Crippen LogP contribution in [0, 0.1) is 17.1 Å². The lowest BCUT2D eigenvalue weighted by Crippen LogP contribution is -1.96. The number of nitriles is 1. The molecule has 0 spiro atoms. The molecule has 0 aliphatic carbocycles. The van der Waals surface area contributed by atoms with Gasteiger partial charge in [0.15, 0.2) is 18.2 Å². The van der Waals surface area contributed by atoms with Gasteiger partial charge in [-0.3, -0.25) is 0 Å². The first kappa shape index (κ1) is 10.0. The average molecular weight is 244 g/mol. The summed E-state index contributed by atoms with van der Waals surface area (Å²) in [6.45, 7) is -0.134. The minimum absolute atomic E-state index is 0.117. The van der Waals surface area contributed by atoms with Crippen LogP contribution in [0.1, 0.15) is 5.56 Å². The van der Waals surface area contributed by atoms with Gasteiger partial charge in [0.05, 0.1) is 0 Å². The molecule has 0 aromatic heterocycles. The zero-order valence-electron chi connectivity index (χ0n) is 6.76. The highest BCUT2D eigenvalue weighted by Crippen LogP contribution is 2.19. The maximum absolute atomic E-state index is 13.1. The number of benzene rings is 1. The van der Waals surface area contributed by atoms with Crippen molar-refractivity contribution in [3.63, 3.8) is 0 Å². The van der Waals surface area contributed by atoms with E-state index in [9.17, 15) is 4.39 Å². The fourth-order valence-electron chi connectivity index (χ4n) is 0.855. The molecule has 0 aliphatic heterocycles. The lowest BCUT2D eigenvalue weighted by atomic mass is 10.2. The van der Waals surface area contributed by atoms with Crippen LogP contribution in [0.2, 0.25) is 0 Å². The Balaban J connectivity index is 2.80. The van der Waals surface area contributed by atoms with Gasteiger partial charge in [0.1, 0.15) is 6.07 Å². The Morgan fingerprint density at radius 2 is 2.31 bits per heavy atom. The second-order valence-corrected chi connectivity index (χ2v) is 2.91. The molecule has 0 atom stereocenters. The highest BCUT2D eigenvalue weighted by Gasteiger charge is 2.03. The second-order valence-electron chi connectivity index (χ2n) is 2.35. The van der Waals surface area contributed by atoms with Crippen LogP contribution in [0.25, 0.3) is 0 Å². The number of hydrogen-bond donors (Lipinski definition) is 0. The molecule has 2 nitrogen and oxygen atoms in total. The molecule has 0 radical (unpaired) electrons. The minimum Gasteiger partial charge on any atom is -0.476 e. The van der Waals surface area contributed by atoms with E-state index in [2.05, 4.69) is 15.9 Å². The topological polar surface area (TPSA) is 33.0 Å². The molecular weight excluding hydrogens is 237 g/mol. The average Bonchev–Trinajstić information content (AvgIpc) is 2.16. The standard InChI is InChI=1S/C9H7BrFNO/c10-6-7-1-2-9(8(11)5-7)13-4-3-12/h1-2,5H,4,6H2. The maximum atomic E-state index is 13.1. The molecule has 0 saturated carbocycles. The minimum atomic E-state index is -0.438. The maximum Gasteiger partial charge on any atom is 0.174 e. The van der Waals surface area contributed by atoms with Crippen molar-refractivity contribution in [2.45, 2.75) is 5.33 Å². The Bertz CT molecular complexity index is 335. The smallest absolute Gasteiger partial charge is 0.174 e. The molecule has 0 amide bonds. The summed E-state index contributed by atoms with van der Waals surface area (Å²) in [5.74, 6) is -0.321. The zero-order chi connectivity index (χ0) is 9.68. The molecule has 13 heavy (non-hydrogen) atoms. The third kappa shape index (κ3) is 2.71. The monoisotopic (exact) mass is 243 g/mol. The van der Waals surface area contributed by atoms with E-state index in [-0.39, 0.29) is 12.4 Å². The molecule has 0 fully saturated rings. The number of alkyl halides is 1. The van der Waals surface area contributed by atoms with Gasteiger partial charge in [0.25, 0.3) is 0 Å². The summed E-state index contributed by atoms with van der Waals surface area (Å²) in [5.41, 5.74) is 0.835. The van der Waals surface area contributed by atoms with Gasteiger partial charge < -0.3 is 4.74 Å². The van der Waals surface area contributed by atoms with E-state index in [1.807, 2.05) is 0 Å². The molecule has 4 heteroatoms. The molecule has 0 unspecified atom stereocenters. The van der Waals surface area contributed by atoms with Gasteiger partial charge >= 0.3 is 0 Å². The van der Waals surface area contributed by atoms with Gasteiger partial charge in [-0.25, -0.2) is 4.39 Å². The summed E-state index contributed by atoms with van der Waals surface area (Å²) < 4.78 is 17.9. The number of ether oxygens (including phenoxy) is 1. The Labute approximate surface area is 84.1 Å². The van der Waals surface area contributed by atoms with Crippen LogP contribution in [0.4, 0.5) is 4.39 Å². The van der Waals surface area contributed by atoms with Crippen molar-refractivity contribution >= 4 is 15.9 Å². The van der Waals surface area contributed by atoms with Gasteiger partial charge in [0.2, 0.25) is 0 Å². The van der Waals surface area contributed by atoms with Crippen LogP contribution in [0.5, 0.6) is 5.75 Å². The Kier molecular flexibility index (Phi) is 3.71. The van der Waals surface area contributed by atoms with E-state index in [0.29, 0.717) is 5.33 Å². The highest BCUT2D eigenvalue weighted by molar-refractivity contribution is 9.08. The van der Waals surface area contributed by atoms with Crippen LogP contribution >= 0.6 is 15.9 Å². The third-order valence-electron chi connectivity index (χ3n) is 1.44. The van der Waals surface area contributed by atoms with Crippen molar-refractivity contribution in [3.8, 4) is 11.8 Å². The molecule has 1 aromatic rings. The summed E-state index contributed by atoms with van der Waals surface area (Å²) in [4.78, 5) is 0. The summed E-state index contributed by atoms with van der Waals surface area (Å²) in [6.07, 6.45) is 0. The Morgan fingerprint density at radius 3 is 2.85 bits per heavy atom. The van der Waals surface area contributed by atoms with E-state index >= 15 is 0 Å². The molecular formula is C9H7BrFNO. The van der Waals surface area contributed by atoms with E-state index in [4.69, 9.17) is 10.00 Å². The molecule has 1 aromatic carbocycles. The Hall–Kier alpha value is -1.08. The quantitative estimate of drug-likeness (QED) is 0.765. The van der Waals surface area contributed by atoms with Gasteiger partial charge in [-0.2, -0.15) is 5.26 Å². The molecule has 0 heterocycles. The van der Waals surface area contributed by atoms with Crippen molar-refractivity contribution in [1.82, 2.24) is 0 Å². The van der Waals surface area contributed by atoms with Crippen molar-refractivity contribution in [3.05, 3.63) is 29.6 Å². The lowest BCUT2D eigenvalue weighted by molar-refractivity contribution is 0.346. The molecule has 68 valence electrons. The van der Waals surface area contributed by atoms with Gasteiger partial charge in [-0.05, 0) is 17.7 Å². The van der Waals surface area contributed by atoms with Crippen LogP contribution in [0.15, 0.2) is 18.2 Å². The number of hydrogen-bond acceptors (Lipinski definition) is 2. The number of rotatable bonds is 3. The van der Waals surface area contributed by atoms with E-state index < -0.39 is 5.82 Å². The SMILES string of the molecule is N#CCOc1ccc(CBr)cc1F. The first-order valence-electron chi connectivity index (χ1n) is 3.62. The molecule has 0 aliphatic rings.